The average Bonchev–Trinajstić information content (AvgIpc) is 2.18. The maximum absolute atomic E-state index is 10.8. The summed E-state index contributed by atoms with van der Waals surface area (Å²) in [6.45, 7) is 2.06. The van der Waals surface area contributed by atoms with E-state index in [-0.39, 0.29) is 0 Å². The molecule has 0 unspecified atom stereocenters. The maximum Gasteiger partial charge on any atom is 0.252 e. The summed E-state index contributed by atoms with van der Waals surface area (Å²) in [7, 11) is 0. The van der Waals surface area contributed by atoms with E-state index in [1.165, 1.54) is 0 Å². The zero-order valence-corrected chi connectivity index (χ0v) is 9.47. The minimum Gasteiger partial charge on any atom is -0.309 e. The smallest absolute Gasteiger partial charge is 0.252 e. The minimum absolute atomic E-state index is 0.440. The van der Waals surface area contributed by atoms with Crippen LogP contribution in [0.1, 0.15) is 35.7 Å². The van der Waals surface area contributed by atoms with Gasteiger partial charge in [0.1, 0.15) is 0 Å². The summed E-state index contributed by atoms with van der Waals surface area (Å²) in [5.41, 5.74) is 2.28. The van der Waals surface area contributed by atoms with Gasteiger partial charge in [0.25, 0.3) is 5.24 Å². The molecule has 0 aliphatic rings. The number of nitrogens with one attached hydrogen (secondary N) is 1. The molecule has 0 aliphatic heterocycles. The quantitative estimate of drug-likeness (QED) is 0.603. The second kappa shape index (κ2) is 5.66. The number of halogens is 1. The van der Waals surface area contributed by atoms with Crippen molar-refractivity contribution in [3.63, 3.8) is 0 Å². The van der Waals surface area contributed by atoms with E-state index in [2.05, 4.69) is 6.92 Å². The highest BCUT2D eigenvalue weighted by Crippen LogP contribution is 2.09. The Balaban J connectivity index is 2.64. The van der Waals surface area contributed by atoms with Crippen molar-refractivity contribution in [1.82, 2.24) is 0 Å². The molecule has 0 aromatic heterocycles. The van der Waals surface area contributed by atoms with Crippen molar-refractivity contribution < 1.29 is 4.79 Å². The predicted octanol–water partition coefficient (Wildman–Crippen LogP) is 3.43. The van der Waals surface area contributed by atoms with Crippen LogP contribution in [0.25, 0.3) is 0 Å². The molecule has 0 amide bonds. The van der Waals surface area contributed by atoms with Gasteiger partial charge in [-0.2, -0.15) is 0 Å². The second-order valence-electron chi connectivity index (χ2n) is 3.50. The summed E-state index contributed by atoms with van der Waals surface area (Å²) in [4.78, 5) is 10.8. The lowest BCUT2D eigenvalue weighted by Crippen LogP contribution is -2.01. The van der Waals surface area contributed by atoms with Gasteiger partial charge >= 0.3 is 0 Å². The molecule has 0 saturated carbocycles. The highest BCUT2D eigenvalue weighted by Gasteiger charge is 2.02. The van der Waals surface area contributed by atoms with E-state index >= 15 is 0 Å². The van der Waals surface area contributed by atoms with Crippen molar-refractivity contribution in [2.75, 3.05) is 0 Å². The molecule has 1 aromatic carbocycles. The van der Waals surface area contributed by atoms with Gasteiger partial charge in [0.15, 0.2) is 0 Å². The SMILES string of the molecule is CCCC(=N)Cc1ccc(C(=O)Cl)cc1. The monoisotopic (exact) mass is 223 g/mol. The predicted molar refractivity (Wildman–Crippen MR) is 63.0 cm³/mol. The van der Waals surface area contributed by atoms with E-state index in [9.17, 15) is 4.79 Å². The molecule has 0 atom stereocenters. The van der Waals surface area contributed by atoms with Crippen LogP contribution in [0, 0.1) is 5.41 Å². The Hall–Kier alpha value is -1.15. The number of rotatable bonds is 5. The molecular weight excluding hydrogens is 210 g/mol. The van der Waals surface area contributed by atoms with Crippen molar-refractivity contribution in [2.45, 2.75) is 26.2 Å². The van der Waals surface area contributed by atoms with E-state index in [1.54, 1.807) is 12.1 Å². The third-order valence-corrected chi connectivity index (χ3v) is 2.37. The Morgan fingerprint density at radius 1 is 1.33 bits per heavy atom. The number of hydrogen-bond donors (Lipinski definition) is 1. The maximum atomic E-state index is 10.8. The summed E-state index contributed by atoms with van der Waals surface area (Å²) >= 11 is 5.33. The Bertz CT molecular complexity index is 356. The van der Waals surface area contributed by atoms with Crippen LogP contribution in [-0.2, 0) is 6.42 Å². The van der Waals surface area contributed by atoms with Crippen LogP contribution in [0.15, 0.2) is 24.3 Å². The standard InChI is InChI=1S/C12H14ClNO/c1-2-3-11(14)8-9-4-6-10(7-5-9)12(13)15/h4-7,14H,2-3,8H2,1H3. The van der Waals surface area contributed by atoms with E-state index in [0.717, 1.165) is 24.1 Å². The Morgan fingerprint density at radius 3 is 2.40 bits per heavy atom. The van der Waals surface area contributed by atoms with Crippen LogP contribution in [0.5, 0.6) is 0 Å². The van der Waals surface area contributed by atoms with Crippen LogP contribution < -0.4 is 0 Å². The largest absolute Gasteiger partial charge is 0.309 e. The fourth-order valence-corrected chi connectivity index (χ4v) is 1.52. The summed E-state index contributed by atoms with van der Waals surface area (Å²) in [6.07, 6.45) is 2.48. The molecule has 1 rings (SSSR count). The van der Waals surface area contributed by atoms with Gasteiger partial charge in [-0.05, 0) is 35.7 Å². The van der Waals surface area contributed by atoms with E-state index in [4.69, 9.17) is 17.0 Å². The average molecular weight is 224 g/mol. The van der Waals surface area contributed by atoms with Gasteiger partial charge in [-0.15, -0.1) is 0 Å². The van der Waals surface area contributed by atoms with Crippen molar-refractivity contribution >= 4 is 22.6 Å². The summed E-state index contributed by atoms with van der Waals surface area (Å²) in [5.74, 6) is 0. The first-order valence-electron chi connectivity index (χ1n) is 4.98. The first-order valence-corrected chi connectivity index (χ1v) is 5.36. The highest BCUT2D eigenvalue weighted by atomic mass is 35.5. The molecule has 2 nitrogen and oxygen atoms in total. The first-order chi connectivity index (χ1) is 7.13. The molecule has 1 aromatic rings. The van der Waals surface area contributed by atoms with Gasteiger partial charge in [0, 0.05) is 17.7 Å². The molecule has 1 N–H and O–H groups in total. The number of carbonyl (C=O) groups excluding carboxylic acids is 1. The minimum atomic E-state index is -0.440. The lowest BCUT2D eigenvalue weighted by atomic mass is 10.0. The first kappa shape index (κ1) is 11.9. The second-order valence-corrected chi connectivity index (χ2v) is 3.84. The Morgan fingerprint density at radius 2 is 1.93 bits per heavy atom. The van der Waals surface area contributed by atoms with Gasteiger partial charge in [-0.3, -0.25) is 4.79 Å². The van der Waals surface area contributed by atoms with Gasteiger partial charge in [0.2, 0.25) is 0 Å². The van der Waals surface area contributed by atoms with Gasteiger partial charge in [0.05, 0.1) is 0 Å². The van der Waals surface area contributed by atoms with Crippen LogP contribution >= 0.6 is 11.6 Å². The third-order valence-electron chi connectivity index (χ3n) is 2.15. The van der Waals surface area contributed by atoms with Crippen LogP contribution in [0.2, 0.25) is 0 Å². The van der Waals surface area contributed by atoms with Crippen molar-refractivity contribution in [1.29, 1.82) is 5.41 Å². The fourth-order valence-electron chi connectivity index (χ4n) is 1.39. The van der Waals surface area contributed by atoms with Crippen molar-refractivity contribution in [3.05, 3.63) is 35.4 Å². The number of benzene rings is 1. The fraction of sp³-hybridized carbons (Fsp3) is 0.333. The van der Waals surface area contributed by atoms with Gasteiger partial charge in [-0.1, -0.05) is 25.5 Å². The van der Waals surface area contributed by atoms with E-state index in [1.807, 2.05) is 12.1 Å². The molecule has 0 spiro atoms. The number of carbonyl (C=O) groups is 1. The topological polar surface area (TPSA) is 40.9 Å². The van der Waals surface area contributed by atoms with Crippen LogP contribution in [0.4, 0.5) is 0 Å². The molecule has 3 heteroatoms. The zero-order chi connectivity index (χ0) is 11.3. The van der Waals surface area contributed by atoms with Crippen LogP contribution in [-0.4, -0.2) is 11.0 Å². The molecule has 15 heavy (non-hydrogen) atoms. The summed E-state index contributed by atoms with van der Waals surface area (Å²) < 4.78 is 0. The Labute approximate surface area is 94.8 Å². The molecular formula is C12H14ClNO. The number of hydrogen-bond acceptors (Lipinski definition) is 2. The third kappa shape index (κ3) is 3.84. The van der Waals surface area contributed by atoms with E-state index < -0.39 is 5.24 Å². The molecule has 0 fully saturated rings. The lowest BCUT2D eigenvalue weighted by molar-refractivity contribution is 0.108. The Kier molecular flexibility index (Phi) is 4.50. The summed E-state index contributed by atoms with van der Waals surface area (Å²) in [6, 6.07) is 7.09. The normalized spacial score (nSPS) is 10.0. The van der Waals surface area contributed by atoms with Crippen LogP contribution in [0.3, 0.4) is 0 Å². The highest BCUT2D eigenvalue weighted by molar-refractivity contribution is 6.67. The molecule has 0 saturated heterocycles. The van der Waals surface area contributed by atoms with E-state index in [0.29, 0.717) is 12.0 Å². The zero-order valence-electron chi connectivity index (χ0n) is 8.72. The lowest BCUT2D eigenvalue weighted by Gasteiger charge is -2.03. The van der Waals surface area contributed by atoms with Crippen molar-refractivity contribution in [2.24, 2.45) is 0 Å². The molecule has 0 aliphatic carbocycles. The molecule has 0 heterocycles. The molecule has 0 radical (unpaired) electrons. The molecule has 80 valence electrons. The molecule has 0 bridgehead atoms. The van der Waals surface area contributed by atoms with Crippen molar-refractivity contribution in [3.8, 4) is 0 Å². The summed E-state index contributed by atoms with van der Waals surface area (Å²) in [5, 5.41) is 7.23. The van der Waals surface area contributed by atoms with Gasteiger partial charge < -0.3 is 5.41 Å². The van der Waals surface area contributed by atoms with Gasteiger partial charge in [-0.25, -0.2) is 0 Å².